The third-order valence-electron chi connectivity index (χ3n) is 3.97. The molecule has 0 bridgehead atoms. The van der Waals surface area contributed by atoms with Gasteiger partial charge in [0, 0.05) is 22.3 Å². The Morgan fingerprint density at radius 2 is 1.85 bits per heavy atom. The van der Waals surface area contributed by atoms with Crippen molar-refractivity contribution in [3.8, 4) is 0 Å². The molecule has 3 rings (SSSR count). The number of rotatable bonds is 6. The first-order valence-corrected chi connectivity index (χ1v) is 10.5. The molecule has 1 aliphatic carbocycles. The lowest BCUT2D eigenvalue weighted by Crippen LogP contribution is -2.25. The monoisotopic (exact) mass is 434 g/mol. The number of sulfonamides is 1. The van der Waals surface area contributed by atoms with E-state index in [1.165, 1.54) is 6.08 Å². The van der Waals surface area contributed by atoms with Crippen LogP contribution < -0.4 is 10.0 Å². The van der Waals surface area contributed by atoms with E-state index in [1.54, 1.807) is 30.3 Å². The number of benzene rings is 2. The molecule has 0 saturated heterocycles. The number of amides is 1. The molecule has 0 radical (unpaired) electrons. The zero-order chi connectivity index (χ0) is 18.7. The molecule has 0 aliphatic heterocycles. The van der Waals surface area contributed by atoms with Gasteiger partial charge in [0.25, 0.3) is 0 Å². The normalized spacial score (nSPS) is 14.5. The second-order valence-corrected chi connectivity index (χ2v) is 8.88. The Balaban J connectivity index is 1.64. The summed E-state index contributed by atoms with van der Waals surface area (Å²) in [5.74, 6) is -0.252. The summed E-state index contributed by atoms with van der Waals surface area (Å²) in [5.41, 5.74) is 2.45. The molecule has 2 aromatic carbocycles. The van der Waals surface area contributed by atoms with Crippen molar-refractivity contribution < 1.29 is 13.2 Å². The first-order chi connectivity index (χ1) is 12.3. The van der Waals surface area contributed by atoms with Crippen LogP contribution in [0.5, 0.6) is 0 Å². The Morgan fingerprint density at radius 1 is 1.15 bits per heavy atom. The maximum Gasteiger partial charge on any atom is 0.248 e. The highest BCUT2D eigenvalue weighted by Gasteiger charge is 2.27. The first kappa shape index (κ1) is 18.8. The van der Waals surface area contributed by atoms with Crippen LogP contribution in [0.2, 0.25) is 0 Å². The predicted octanol–water partition coefficient (Wildman–Crippen LogP) is 3.85. The zero-order valence-corrected chi connectivity index (χ0v) is 16.6. The van der Waals surface area contributed by atoms with Crippen molar-refractivity contribution in [2.24, 2.45) is 0 Å². The van der Waals surface area contributed by atoms with E-state index in [0.717, 1.165) is 34.1 Å². The third kappa shape index (κ3) is 5.03. The van der Waals surface area contributed by atoms with Crippen LogP contribution in [0.4, 0.5) is 5.69 Å². The number of hydrogen-bond acceptors (Lipinski definition) is 3. The minimum absolute atomic E-state index is 0.0738. The van der Waals surface area contributed by atoms with Gasteiger partial charge < -0.3 is 5.32 Å². The maximum absolute atomic E-state index is 12.1. The van der Waals surface area contributed by atoms with E-state index < -0.39 is 10.0 Å². The van der Waals surface area contributed by atoms with Crippen LogP contribution >= 0.6 is 15.9 Å². The Morgan fingerprint density at radius 3 is 2.50 bits per heavy atom. The van der Waals surface area contributed by atoms with Crippen molar-refractivity contribution in [3.05, 3.63) is 64.1 Å². The minimum atomic E-state index is -3.45. The molecule has 0 spiro atoms. The fraction of sp³-hybridized carbons (Fsp3) is 0.211. The van der Waals surface area contributed by atoms with Gasteiger partial charge in [0.15, 0.2) is 0 Å². The summed E-state index contributed by atoms with van der Waals surface area (Å²) < 4.78 is 27.8. The lowest BCUT2D eigenvalue weighted by atomic mass is 10.2. The maximum atomic E-state index is 12.1. The van der Waals surface area contributed by atoms with Crippen molar-refractivity contribution in [1.82, 2.24) is 4.72 Å². The molecule has 2 N–H and O–H groups in total. The summed E-state index contributed by atoms with van der Waals surface area (Å²) in [6.45, 7) is 1.92. The van der Waals surface area contributed by atoms with Gasteiger partial charge in [-0.15, -0.1) is 0 Å². The van der Waals surface area contributed by atoms with Gasteiger partial charge in [-0.3, -0.25) is 4.79 Å². The summed E-state index contributed by atoms with van der Waals surface area (Å²) >= 11 is 3.38. The van der Waals surface area contributed by atoms with E-state index in [9.17, 15) is 13.2 Å². The van der Waals surface area contributed by atoms with Crippen LogP contribution in [0.15, 0.2) is 57.9 Å². The van der Waals surface area contributed by atoms with Crippen LogP contribution in [0.3, 0.4) is 0 Å². The molecule has 0 heterocycles. The first-order valence-electron chi connectivity index (χ1n) is 8.21. The van der Waals surface area contributed by atoms with Crippen LogP contribution in [-0.2, 0) is 14.8 Å². The topological polar surface area (TPSA) is 75.3 Å². The van der Waals surface area contributed by atoms with Crippen LogP contribution in [0.25, 0.3) is 6.08 Å². The SMILES string of the molecule is Cc1ccc(Br)cc1NC(=O)C=Cc1ccc(S(=O)(=O)NC2CC2)cc1. The quantitative estimate of drug-likeness (QED) is 0.677. The highest BCUT2D eigenvalue weighted by Crippen LogP contribution is 2.23. The van der Waals surface area contributed by atoms with Gasteiger partial charge in [-0.2, -0.15) is 0 Å². The zero-order valence-electron chi connectivity index (χ0n) is 14.2. The second kappa shape index (κ2) is 7.73. The molecule has 2 aromatic rings. The fourth-order valence-corrected chi connectivity index (χ4v) is 3.99. The number of nitrogens with one attached hydrogen (secondary N) is 2. The molecule has 136 valence electrons. The molecule has 1 saturated carbocycles. The highest BCUT2D eigenvalue weighted by molar-refractivity contribution is 9.10. The van der Waals surface area contributed by atoms with E-state index in [2.05, 4.69) is 26.0 Å². The van der Waals surface area contributed by atoms with Crippen molar-refractivity contribution in [2.75, 3.05) is 5.32 Å². The largest absolute Gasteiger partial charge is 0.322 e. The smallest absolute Gasteiger partial charge is 0.248 e. The summed E-state index contributed by atoms with van der Waals surface area (Å²) in [6.07, 6.45) is 4.86. The molecule has 0 atom stereocenters. The van der Waals surface area contributed by atoms with Crippen molar-refractivity contribution in [3.63, 3.8) is 0 Å². The van der Waals surface area contributed by atoms with Gasteiger partial charge in [0.1, 0.15) is 0 Å². The molecule has 1 aliphatic rings. The molecule has 26 heavy (non-hydrogen) atoms. The molecule has 1 fully saturated rings. The lowest BCUT2D eigenvalue weighted by Gasteiger charge is -2.07. The van der Waals surface area contributed by atoms with Gasteiger partial charge in [0.2, 0.25) is 15.9 Å². The van der Waals surface area contributed by atoms with Crippen molar-refractivity contribution >= 4 is 43.6 Å². The van der Waals surface area contributed by atoms with E-state index >= 15 is 0 Å². The average molecular weight is 435 g/mol. The Hall–Kier alpha value is -1.96. The summed E-state index contributed by atoms with van der Waals surface area (Å²) in [4.78, 5) is 12.3. The summed E-state index contributed by atoms with van der Waals surface area (Å²) in [6, 6.07) is 12.2. The number of halogens is 1. The van der Waals surface area contributed by atoms with E-state index in [-0.39, 0.29) is 16.8 Å². The van der Waals surface area contributed by atoms with Gasteiger partial charge in [-0.05, 0) is 61.2 Å². The van der Waals surface area contributed by atoms with Gasteiger partial charge in [-0.1, -0.05) is 34.1 Å². The summed E-state index contributed by atoms with van der Waals surface area (Å²) in [5, 5.41) is 2.82. The Kier molecular flexibility index (Phi) is 5.60. The highest BCUT2D eigenvalue weighted by atomic mass is 79.9. The molecule has 1 amide bonds. The number of carbonyl (C=O) groups is 1. The fourth-order valence-electron chi connectivity index (χ4n) is 2.32. The van der Waals surface area contributed by atoms with Crippen LogP contribution in [0, 0.1) is 6.92 Å². The second-order valence-electron chi connectivity index (χ2n) is 6.25. The lowest BCUT2D eigenvalue weighted by molar-refractivity contribution is -0.111. The number of anilines is 1. The molecular formula is C19H19BrN2O3S. The molecular weight excluding hydrogens is 416 g/mol. The standard InChI is InChI=1S/C19H19BrN2O3S/c1-13-2-6-15(20)12-18(13)21-19(23)11-5-14-3-9-17(10-4-14)26(24,25)22-16-7-8-16/h2-6,9-12,16,22H,7-8H2,1H3,(H,21,23). The minimum Gasteiger partial charge on any atom is -0.322 e. The third-order valence-corrected chi connectivity index (χ3v) is 6.00. The van der Waals surface area contributed by atoms with Crippen molar-refractivity contribution in [2.45, 2.75) is 30.7 Å². The molecule has 5 nitrogen and oxygen atoms in total. The molecule has 0 unspecified atom stereocenters. The van der Waals surface area contributed by atoms with Gasteiger partial charge in [0.05, 0.1) is 4.90 Å². The predicted molar refractivity (Wildman–Crippen MR) is 106 cm³/mol. The number of hydrogen-bond donors (Lipinski definition) is 2. The number of carbonyl (C=O) groups excluding carboxylic acids is 1. The van der Waals surface area contributed by atoms with Crippen molar-refractivity contribution in [1.29, 1.82) is 0 Å². The van der Waals surface area contributed by atoms with Gasteiger partial charge >= 0.3 is 0 Å². The number of aryl methyl sites for hydroxylation is 1. The van der Waals surface area contributed by atoms with Gasteiger partial charge in [-0.25, -0.2) is 13.1 Å². The Bertz CT molecular complexity index is 949. The summed E-state index contributed by atoms with van der Waals surface area (Å²) in [7, 11) is -3.45. The van der Waals surface area contributed by atoms with E-state index in [0.29, 0.717) is 0 Å². The Labute approximate surface area is 161 Å². The van der Waals surface area contributed by atoms with E-state index in [4.69, 9.17) is 0 Å². The van der Waals surface area contributed by atoms with Crippen LogP contribution in [-0.4, -0.2) is 20.4 Å². The average Bonchev–Trinajstić information content (AvgIpc) is 3.40. The molecule has 7 heteroatoms. The van der Waals surface area contributed by atoms with Crippen LogP contribution in [0.1, 0.15) is 24.0 Å². The van der Waals surface area contributed by atoms with E-state index in [1.807, 2.05) is 25.1 Å². The molecule has 0 aromatic heterocycles.